The zero-order chi connectivity index (χ0) is 12.5. The fourth-order valence-corrected chi connectivity index (χ4v) is 2.24. The van der Waals surface area contributed by atoms with Gasteiger partial charge in [0.1, 0.15) is 11.4 Å². The summed E-state index contributed by atoms with van der Waals surface area (Å²) >= 11 is 0. The molecule has 0 saturated heterocycles. The van der Waals surface area contributed by atoms with Gasteiger partial charge >= 0.3 is 0 Å². The first-order valence-electron chi connectivity index (χ1n) is 6.01. The maximum absolute atomic E-state index is 10.1. The fraction of sp³-hybridized carbons (Fsp3) is 0.571. The smallest absolute Gasteiger partial charge is 0.125 e. The zero-order valence-corrected chi connectivity index (χ0v) is 10.7. The summed E-state index contributed by atoms with van der Waals surface area (Å²) < 4.78 is 10.9. The molecule has 1 aromatic carbocycles. The van der Waals surface area contributed by atoms with E-state index < -0.39 is 6.10 Å². The van der Waals surface area contributed by atoms with Gasteiger partial charge in [-0.05, 0) is 38.0 Å². The highest BCUT2D eigenvalue weighted by Crippen LogP contribution is 2.39. The summed E-state index contributed by atoms with van der Waals surface area (Å²) in [6.07, 6.45) is 1.06. The minimum absolute atomic E-state index is 0.291. The summed E-state index contributed by atoms with van der Waals surface area (Å²) in [7, 11) is 1.69. The third-order valence-corrected chi connectivity index (χ3v) is 3.10. The Balaban J connectivity index is 2.24. The number of benzene rings is 1. The van der Waals surface area contributed by atoms with E-state index in [0.29, 0.717) is 13.0 Å². The predicted molar refractivity (Wildman–Crippen MR) is 66.3 cm³/mol. The van der Waals surface area contributed by atoms with Crippen LogP contribution in [0.2, 0.25) is 0 Å². The van der Waals surface area contributed by atoms with Gasteiger partial charge < -0.3 is 14.6 Å². The molecule has 3 nitrogen and oxygen atoms in total. The molecule has 0 radical (unpaired) electrons. The average molecular weight is 236 g/mol. The van der Waals surface area contributed by atoms with Crippen LogP contribution < -0.4 is 4.74 Å². The van der Waals surface area contributed by atoms with Crippen molar-refractivity contribution in [2.24, 2.45) is 0 Å². The summed E-state index contributed by atoms with van der Waals surface area (Å²) in [6, 6.07) is 6.00. The second kappa shape index (κ2) is 4.67. The second-order valence-electron chi connectivity index (χ2n) is 5.20. The van der Waals surface area contributed by atoms with Gasteiger partial charge in [0.05, 0.1) is 12.7 Å². The number of aliphatic hydroxyl groups is 1. The molecule has 2 rings (SSSR count). The monoisotopic (exact) mass is 236 g/mol. The molecule has 0 aliphatic carbocycles. The van der Waals surface area contributed by atoms with Crippen LogP contribution in [0.25, 0.3) is 0 Å². The largest absolute Gasteiger partial charge is 0.487 e. The number of ether oxygens (including phenoxy) is 2. The Morgan fingerprint density at radius 1 is 1.47 bits per heavy atom. The Kier molecular flexibility index (Phi) is 3.40. The van der Waals surface area contributed by atoms with Gasteiger partial charge in [0.2, 0.25) is 0 Å². The molecule has 1 aliphatic rings. The molecule has 3 heteroatoms. The van der Waals surface area contributed by atoms with Crippen molar-refractivity contribution in [3.8, 4) is 5.75 Å². The van der Waals surface area contributed by atoms with E-state index in [1.54, 1.807) is 7.11 Å². The number of aliphatic hydroxyl groups excluding tert-OH is 1. The van der Waals surface area contributed by atoms with Crippen LogP contribution in [0.1, 0.15) is 37.5 Å². The highest BCUT2D eigenvalue weighted by Gasteiger charge is 2.32. The lowest BCUT2D eigenvalue weighted by Gasteiger charge is -2.35. The second-order valence-corrected chi connectivity index (χ2v) is 5.20. The van der Waals surface area contributed by atoms with Crippen LogP contribution in [0.15, 0.2) is 18.2 Å². The standard InChI is InChI=1S/C14H20O3/c1-14(2)9-12(15)11-8-10(6-7-16-3)4-5-13(11)17-14/h4-5,8,12,15H,6-7,9H2,1-3H3. The minimum atomic E-state index is -0.434. The minimum Gasteiger partial charge on any atom is -0.487 e. The SMILES string of the molecule is COCCc1ccc2c(c1)C(O)CC(C)(C)O2. The lowest BCUT2D eigenvalue weighted by molar-refractivity contribution is 0.0114. The Labute approximate surface area is 102 Å². The van der Waals surface area contributed by atoms with E-state index in [2.05, 4.69) is 0 Å². The highest BCUT2D eigenvalue weighted by molar-refractivity contribution is 5.41. The van der Waals surface area contributed by atoms with E-state index >= 15 is 0 Å². The van der Waals surface area contributed by atoms with Crippen molar-refractivity contribution >= 4 is 0 Å². The Morgan fingerprint density at radius 2 is 2.24 bits per heavy atom. The molecule has 0 spiro atoms. The lowest BCUT2D eigenvalue weighted by atomic mass is 9.90. The molecular formula is C14H20O3. The van der Waals surface area contributed by atoms with Gasteiger partial charge in [-0.1, -0.05) is 6.07 Å². The number of fused-ring (bicyclic) bond motifs is 1. The van der Waals surface area contributed by atoms with E-state index in [4.69, 9.17) is 9.47 Å². The number of hydrogen-bond acceptors (Lipinski definition) is 3. The van der Waals surface area contributed by atoms with Crippen molar-refractivity contribution in [2.45, 2.75) is 38.4 Å². The third-order valence-electron chi connectivity index (χ3n) is 3.10. The quantitative estimate of drug-likeness (QED) is 0.876. The first kappa shape index (κ1) is 12.4. The Hall–Kier alpha value is -1.06. The lowest BCUT2D eigenvalue weighted by Crippen LogP contribution is -2.34. The summed E-state index contributed by atoms with van der Waals surface area (Å²) in [5.41, 5.74) is 1.78. The van der Waals surface area contributed by atoms with Gasteiger partial charge in [-0.15, -0.1) is 0 Å². The molecule has 1 heterocycles. The molecule has 17 heavy (non-hydrogen) atoms. The van der Waals surface area contributed by atoms with E-state index in [1.165, 1.54) is 5.56 Å². The van der Waals surface area contributed by atoms with Crippen LogP contribution in [0.4, 0.5) is 0 Å². The highest BCUT2D eigenvalue weighted by atomic mass is 16.5. The van der Waals surface area contributed by atoms with E-state index in [1.807, 2.05) is 32.0 Å². The maximum atomic E-state index is 10.1. The summed E-state index contributed by atoms with van der Waals surface area (Å²) in [5, 5.41) is 10.1. The molecule has 1 unspecified atom stereocenters. The van der Waals surface area contributed by atoms with Gasteiger partial charge in [0.15, 0.2) is 0 Å². The van der Waals surface area contributed by atoms with Crippen LogP contribution >= 0.6 is 0 Å². The summed E-state index contributed by atoms with van der Waals surface area (Å²) in [6.45, 7) is 4.69. The Morgan fingerprint density at radius 3 is 2.94 bits per heavy atom. The van der Waals surface area contributed by atoms with Crippen molar-refractivity contribution in [2.75, 3.05) is 13.7 Å². The van der Waals surface area contributed by atoms with E-state index in [-0.39, 0.29) is 5.60 Å². The number of rotatable bonds is 3. The van der Waals surface area contributed by atoms with Gasteiger partial charge in [-0.25, -0.2) is 0 Å². The zero-order valence-electron chi connectivity index (χ0n) is 10.7. The molecule has 1 atom stereocenters. The van der Waals surface area contributed by atoms with Gasteiger partial charge in [-0.2, -0.15) is 0 Å². The van der Waals surface area contributed by atoms with E-state index in [0.717, 1.165) is 17.7 Å². The molecule has 0 bridgehead atoms. The van der Waals surface area contributed by atoms with Crippen molar-refractivity contribution in [1.29, 1.82) is 0 Å². The normalized spacial score (nSPS) is 21.8. The molecular weight excluding hydrogens is 216 g/mol. The first-order chi connectivity index (χ1) is 8.02. The van der Waals surface area contributed by atoms with Crippen molar-refractivity contribution in [3.05, 3.63) is 29.3 Å². The maximum Gasteiger partial charge on any atom is 0.125 e. The molecule has 1 aromatic rings. The van der Waals surface area contributed by atoms with Crippen LogP contribution in [-0.4, -0.2) is 24.4 Å². The van der Waals surface area contributed by atoms with Crippen molar-refractivity contribution in [1.82, 2.24) is 0 Å². The molecule has 1 aliphatic heterocycles. The predicted octanol–water partition coefficient (Wildman–Crippen LogP) is 2.47. The molecule has 0 fully saturated rings. The van der Waals surface area contributed by atoms with Crippen LogP contribution in [0.5, 0.6) is 5.75 Å². The third kappa shape index (κ3) is 2.79. The molecule has 94 valence electrons. The molecule has 1 N–H and O–H groups in total. The number of hydrogen-bond donors (Lipinski definition) is 1. The summed E-state index contributed by atoms with van der Waals surface area (Å²) in [4.78, 5) is 0. The van der Waals surface area contributed by atoms with Gasteiger partial charge in [0.25, 0.3) is 0 Å². The molecule has 0 aromatic heterocycles. The summed E-state index contributed by atoms with van der Waals surface area (Å²) in [5.74, 6) is 0.801. The molecule has 0 amide bonds. The first-order valence-corrected chi connectivity index (χ1v) is 6.01. The number of methoxy groups -OCH3 is 1. The fourth-order valence-electron chi connectivity index (χ4n) is 2.24. The van der Waals surface area contributed by atoms with Gasteiger partial charge in [-0.3, -0.25) is 0 Å². The average Bonchev–Trinajstić information content (AvgIpc) is 2.25. The van der Waals surface area contributed by atoms with Crippen molar-refractivity contribution in [3.63, 3.8) is 0 Å². The topological polar surface area (TPSA) is 38.7 Å². The van der Waals surface area contributed by atoms with Crippen LogP contribution in [-0.2, 0) is 11.2 Å². The van der Waals surface area contributed by atoms with Crippen LogP contribution in [0.3, 0.4) is 0 Å². The van der Waals surface area contributed by atoms with E-state index in [9.17, 15) is 5.11 Å². The Bertz CT molecular complexity index is 398. The van der Waals surface area contributed by atoms with Gasteiger partial charge in [0, 0.05) is 19.1 Å². The van der Waals surface area contributed by atoms with Crippen LogP contribution in [0, 0.1) is 0 Å². The van der Waals surface area contributed by atoms with Crippen molar-refractivity contribution < 1.29 is 14.6 Å². The molecule has 0 saturated carbocycles.